The summed E-state index contributed by atoms with van der Waals surface area (Å²) >= 11 is 1.31. The van der Waals surface area contributed by atoms with E-state index in [1.807, 2.05) is 0 Å². The molecule has 0 radical (unpaired) electrons. The molecule has 27 heavy (non-hydrogen) atoms. The number of hydrogen-bond acceptors (Lipinski definition) is 7. The van der Waals surface area contributed by atoms with Crippen molar-refractivity contribution in [2.75, 3.05) is 25.5 Å². The van der Waals surface area contributed by atoms with Crippen LogP contribution in [0.25, 0.3) is 0 Å². The number of nitro benzene ring substituents is 1. The molecule has 1 fully saturated rings. The Morgan fingerprint density at radius 2 is 2.15 bits per heavy atom. The number of ether oxygens (including phenoxy) is 1. The Bertz CT molecular complexity index is 792. The minimum atomic E-state index is -0.577. The number of aliphatic imine (C=N–C) groups is 1. The van der Waals surface area contributed by atoms with Crippen LogP contribution in [0.5, 0.6) is 5.75 Å². The predicted molar refractivity (Wildman–Crippen MR) is 102 cm³/mol. The van der Waals surface area contributed by atoms with E-state index < -0.39 is 16.1 Å². The maximum atomic E-state index is 12.4. The molecule has 3 rings (SSSR count). The fourth-order valence-electron chi connectivity index (χ4n) is 3.01. The highest BCUT2D eigenvalue weighted by molar-refractivity contribution is 8.15. The lowest BCUT2D eigenvalue weighted by molar-refractivity contribution is -0.384. The topological polar surface area (TPSA) is 114 Å². The number of hydrogen-bond donors (Lipinski definition) is 1. The van der Waals surface area contributed by atoms with Gasteiger partial charge in [0.15, 0.2) is 5.17 Å². The van der Waals surface area contributed by atoms with Gasteiger partial charge in [0.05, 0.1) is 17.7 Å². The Hall–Kier alpha value is -2.62. The molecule has 144 valence electrons. The van der Waals surface area contributed by atoms with Crippen LogP contribution in [0.15, 0.2) is 23.2 Å². The second-order valence-electron chi connectivity index (χ2n) is 6.28. The first-order valence-corrected chi connectivity index (χ1v) is 9.52. The molecular formula is C17H20N4O5S. The van der Waals surface area contributed by atoms with E-state index in [-0.39, 0.29) is 23.7 Å². The van der Waals surface area contributed by atoms with Crippen molar-refractivity contribution in [2.24, 2.45) is 4.99 Å². The highest BCUT2D eigenvalue weighted by Crippen LogP contribution is 2.31. The number of rotatable bonds is 5. The van der Waals surface area contributed by atoms with Crippen molar-refractivity contribution < 1.29 is 19.2 Å². The minimum absolute atomic E-state index is 0.0593. The van der Waals surface area contributed by atoms with E-state index in [1.54, 1.807) is 0 Å². The number of anilines is 1. The molecule has 9 nitrogen and oxygen atoms in total. The molecule has 0 unspecified atom stereocenters. The van der Waals surface area contributed by atoms with Gasteiger partial charge in [-0.15, -0.1) is 0 Å². The smallest absolute Gasteiger partial charge is 0.271 e. The number of amides is 2. The summed E-state index contributed by atoms with van der Waals surface area (Å²) in [6.07, 6.45) is 3.27. The number of methoxy groups -OCH3 is 1. The van der Waals surface area contributed by atoms with E-state index in [0.717, 1.165) is 25.9 Å². The molecule has 10 heteroatoms. The van der Waals surface area contributed by atoms with Crippen LogP contribution >= 0.6 is 11.8 Å². The molecule has 1 N–H and O–H groups in total. The number of thioether (sulfide) groups is 1. The van der Waals surface area contributed by atoms with Gasteiger partial charge in [0.1, 0.15) is 11.0 Å². The molecule has 1 atom stereocenters. The van der Waals surface area contributed by atoms with Gasteiger partial charge in [-0.2, -0.15) is 4.99 Å². The predicted octanol–water partition coefficient (Wildman–Crippen LogP) is 2.42. The summed E-state index contributed by atoms with van der Waals surface area (Å²) in [4.78, 5) is 41.1. The van der Waals surface area contributed by atoms with Crippen molar-refractivity contribution >= 4 is 40.1 Å². The SMILES string of the molecule is COc1ccc([N+](=O)[O-])cc1NC(=O)C[C@H]1SC(N2CCCCC2)=NC1=O. The van der Waals surface area contributed by atoms with Crippen molar-refractivity contribution in [2.45, 2.75) is 30.9 Å². The van der Waals surface area contributed by atoms with Gasteiger partial charge >= 0.3 is 0 Å². The summed E-state index contributed by atoms with van der Waals surface area (Å²) < 4.78 is 5.13. The maximum Gasteiger partial charge on any atom is 0.271 e. The number of nitrogens with zero attached hydrogens (tertiary/aromatic N) is 3. The molecule has 1 aromatic rings. The Kier molecular flexibility index (Phi) is 5.94. The van der Waals surface area contributed by atoms with Gasteiger partial charge < -0.3 is 15.0 Å². The molecule has 2 aliphatic rings. The van der Waals surface area contributed by atoms with Gasteiger partial charge in [0, 0.05) is 31.6 Å². The molecule has 0 spiro atoms. The van der Waals surface area contributed by atoms with Crippen molar-refractivity contribution in [3.8, 4) is 5.75 Å². The average Bonchev–Trinajstić information content (AvgIpc) is 3.02. The van der Waals surface area contributed by atoms with E-state index in [2.05, 4.69) is 15.2 Å². The maximum absolute atomic E-state index is 12.4. The summed E-state index contributed by atoms with van der Waals surface area (Å²) in [5.41, 5.74) is 0.0393. The van der Waals surface area contributed by atoms with Crippen LogP contribution in [0, 0.1) is 10.1 Å². The Morgan fingerprint density at radius 1 is 1.41 bits per heavy atom. The molecule has 0 aromatic heterocycles. The molecule has 0 bridgehead atoms. The van der Waals surface area contributed by atoms with Crippen molar-refractivity contribution in [1.29, 1.82) is 0 Å². The van der Waals surface area contributed by atoms with Gasteiger partial charge in [-0.1, -0.05) is 11.8 Å². The zero-order valence-corrected chi connectivity index (χ0v) is 15.7. The Morgan fingerprint density at radius 3 is 2.81 bits per heavy atom. The van der Waals surface area contributed by atoms with Crippen molar-refractivity contribution in [3.05, 3.63) is 28.3 Å². The number of likely N-dealkylation sites (tertiary alicyclic amines) is 1. The monoisotopic (exact) mass is 392 g/mol. The lowest BCUT2D eigenvalue weighted by Crippen LogP contribution is -2.33. The normalized spacial score (nSPS) is 19.6. The summed E-state index contributed by atoms with van der Waals surface area (Å²) in [6, 6.07) is 3.94. The number of nitrogens with one attached hydrogen (secondary N) is 1. The van der Waals surface area contributed by atoms with Gasteiger partial charge in [0.25, 0.3) is 11.6 Å². The zero-order valence-electron chi connectivity index (χ0n) is 14.8. The second kappa shape index (κ2) is 8.38. The fourth-order valence-corrected chi connectivity index (χ4v) is 4.12. The first-order valence-electron chi connectivity index (χ1n) is 8.64. The van der Waals surface area contributed by atoms with Gasteiger partial charge in [-0.05, 0) is 25.3 Å². The number of carbonyl (C=O) groups excluding carboxylic acids is 2. The standard InChI is InChI=1S/C17H20N4O5S/c1-26-13-6-5-11(21(24)25)9-12(13)18-15(22)10-14-16(23)19-17(27-14)20-7-3-2-4-8-20/h5-6,9,14H,2-4,7-8,10H2,1H3,(H,18,22)/t14-/m1/s1. The van der Waals surface area contributed by atoms with Crippen LogP contribution in [-0.2, 0) is 9.59 Å². The van der Waals surface area contributed by atoms with Crippen LogP contribution in [0.1, 0.15) is 25.7 Å². The molecule has 2 amide bonds. The van der Waals surface area contributed by atoms with E-state index in [0.29, 0.717) is 10.9 Å². The fraction of sp³-hybridized carbons (Fsp3) is 0.471. The van der Waals surface area contributed by atoms with Crippen molar-refractivity contribution in [3.63, 3.8) is 0 Å². The summed E-state index contributed by atoms with van der Waals surface area (Å²) in [6.45, 7) is 1.76. The lowest BCUT2D eigenvalue weighted by atomic mass is 10.1. The lowest BCUT2D eigenvalue weighted by Gasteiger charge is -2.27. The van der Waals surface area contributed by atoms with E-state index >= 15 is 0 Å². The molecule has 0 aliphatic carbocycles. The third-order valence-corrected chi connectivity index (χ3v) is 5.61. The van der Waals surface area contributed by atoms with E-state index in [9.17, 15) is 19.7 Å². The Labute approximate surface area is 160 Å². The zero-order chi connectivity index (χ0) is 19.4. The molecule has 1 saturated heterocycles. The average molecular weight is 392 g/mol. The van der Waals surface area contributed by atoms with E-state index in [4.69, 9.17) is 4.74 Å². The summed E-state index contributed by atoms with van der Waals surface area (Å²) in [5.74, 6) is -0.430. The largest absolute Gasteiger partial charge is 0.495 e. The highest BCUT2D eigenvalue weighted by Gasteiger charge is 2.33. The van der Waals surface area contributed by atoms with Crippen LogP contribution < -0.4 is 10.1 Å². The minimum Gasteiger partial charge on any atom is -0.495 e. The van der Waals surface area contributed by atoms with Crippen LogP contribution in [-0.4, -0.2) is 52.3 Å². The summed E-state index contributed by atoms with van der Waals surface area (Å²) in [5, 5.41) is 13.6. The Balaban J connectivity index is 1.62. The van der Waals surface area contributed by atoms with Crippen LogP contribution in [0.2, 0.25) is 0 Å². The van der Waals surface area contributed by atoms with Crippen molar-refractivity contribution in [1.82, 2.24) is 4.90 Å². The van der Waals surface area contributed by atoms with Crippen LogP contribution in [0.3, 0.4) is 0 Å². The number of carbonyl (C=O) groups is 2. The molecule has 2 heterocycles. The number of piperidine rings is 1. The number of non-ortho nitro benzene ring substituents is 1. The summed E-state index contributed by atoms with van der Waals surface area (Å²) in [7, 11) is 1.41. The third kappa shape index (κ3) is 4.57. The first kappa shape index (κ1) is 19.2. The number of nitro groups is 1. The number of amidine groups is 1. The molecule has 0 saturated carbocycles. The van der Waals surface area contributed by atoms with E-state index in [1.165, 1.54) is 43.5 Å². The van der Waals surface area contributed by atoms with Gasteiger partial charge in [-0.3, -0.25) is 19.7 Å². The number of benzene rings is 1. The first-order chi connectivity index (χ1) is 13.0. The second-order valence-corrected chi connectivity index (χ2v) is 7.45. The van der Waals surface area contributed by atoms with Crippen LogP contribution in [0.4, 0.5) is 11.4 Å². The highest BCUT2D eigenvalue weighted by atomic mass is 32.2. The molecule has 1 aromatic carbocycles. The molecule has 2 aliphatic heterocycles. The third-order valence-electron chi connectivity index (χ3n) is 4.39. The van der Waals surface area contributed by atoms with Gasteiger partial charge in [0.2, 0.25) is 5.91 Å². The quantitative estimate of drug-likeness (QED) is 0.604. The van der Waals surface area contributed by atoms with Gasteiger partial charge in [-0.25, -0.2) is 0 Å². The molecular weight excluding hydrogens is 372 g/mol.